The van der Waals surface area contributed by atoms with E-state index in [-0.39, 0.29) is 5.91 Å². The van der Waals surface area contributed by atoms with Crippen molar-refractivity contribution in [2.45, 2.75) is 13.5 Å². The van der Waals surface area contributed by atoms with Crippen molar-refractivity contribution in [3.8, 4) is 5.75 Å². The molecule has 1 heterocycles. The van der Waals surface area contributed by atoms with Crippen molar-refractivity contribution >= 4 is 17.2 Å². The third kappa shape index (κ3) is 2.68. The van der Waals surface area contributed by atoms with E-state index in [1.165, 1.54) is 11.3 Å². The Hall–Kier alpha value is -1.88. The van der Waals surface area contributed by atoms with Crippen molar-refractivity contribution < 1.29 is 9.53 Å². The molecule has 0 saturated heterocycles. The van der Waals surface area contributed by atoms with Gasteiger partial charge in [0.2, 0.25) is 0 Å². The molecule has 0 saturated carbocycles. The van der Waals surface area contributed by atoms with E-state index in [9.17, 15) is 4.79 Å². The summed E-state index contributed by atoms with van der Waals surface area (Å²) in [6.07, 6.45) is 0. The van der Waals surface area contributed by atoms with Crippen LogP contribution in [0.1, 0.15) is 20.9 Å². The minimum Gasteiger partial charge on any atom is -0.496 e. The van der Waals surface area contributed by atoms with Crippen LogP contribution in [0.3, 0.4) is 0 Å². The van der Waals surface area contributed by atoms with Crippen LogP contribution in [-0.4, -0.2) is 18.0 Å². The Morgan fingerprint density at radius 1 is 1.44 bits per heavy atom. The molecule has 0 radical (unpaired) electrons. The van der Waals surface area contributed by atoms with Crippen molar-refractivity contribution in [2.75, 3.05) is 7.11 Å². The number of benzene rings is 1. The number of thiazole rings is 1. The first-order chi connectivity index (χ1) is 8.72. The van der Waals surface area contributed by atoms with Gasteiger partial charge in [0.15, 0.2) is 0 Å². The first kappa shape index (κ1) is 12.6. The van der Waals surface area contributed by atoms with Gasteiger partial charge in [-0.1, -0.05) is 18.2 Å². The second kappa shape index (κ2) is 5.64. The maximum Gasteiger partial charge on any atom is 0.263 e. The third-order valence-corrected chi connectivity index (χ3v) is 3.51. The third-order valence-electron chi connectivity index (χ3n) is 2.58. The fourth-order valence-electron chi connectivity index (χ4n) is 1.62. The van der Waals surface area contributed by atoms with Crippen LogP contribution < -0.4 is 10.1 Å². The zero-order valence-electron chi connectivity index (χ0n) is 10.3. The maximum atomic E-state index is 11.9. The summed E-state index contributed by atoms with van der Waals surface area (Å²) in [5.74, 6) is 0.680. The molecule has 1 N–H and O–H groups in total. The maximum absolute atomic E-state index is 11.9. The summed E-state index contributed by atoms with van der Waals surface area (Å²) in [6.45, 7) is 2.27. The lowest BCUT2D eigenvalue weighted by molar-refractivity contribution is 0.0954. The molecule has 0 aliphatic rings. The van der Waals surface area contributed by atoms with E-state index >= 15 is 0 Å². The normalized spacial score (nSPS) is 10.1. The second-order valence-electron chi connectivity index (χ2n) is 3.76. The number of carbonyl (C=O) groups excluding carboxylic acids is 1. The van der Waals surface area contributed by atoms with Gasteiger partial charge in [-0.05, 0) is 13.0 Å². The highest BCUT2D eigenvalue weighted by atomic mass is 32.1. The molecule has 0 aliphatic heterocycles. The van der Waals surface area contributed by atoms with Gasteiger partial charge in [0.05, 0.1) is 18.3 Å². The minimum atomic E-state index is -0.0964. The van der Waals surface area contributed by atoms with Gasteiger partial charge in [0.25, 0.3) is 5.91 Å². The van der Waals surface area contributed by atoms with Crippen molar-refractivity contribution in [1.29, 1.82) is 0 Å². The summed E-state index contributed by atoms with van der Waals surface area (Å²) in [5, 5.41) is 2.87. The predicted molar refractivity (Wildman–Crippen MR) is 71.0 cm³/mol. The summed E-state index contributed by atoms with van der Waals surface area (Å²) in [6, 6.07) is 7.62. The van der Waals surface area contributed by atoms with Crippen molar-refractivity contribution in [1.82, 2.24) is 10.3 Å². The topological polar surface area (TPSA) is 51.2 Å². The average Bonchev–Trinajstić information content (AvgIpc) is 2.82. The number of hydrogen-bond acceptors (Lipinski definition) is 4. The molecular weight excluding hydrogens is 248 g/mol. The standard InChI is InChI=1S/C13H14N2O2S/c1-9-12(18-8-15-9)13(16)14-7-10-5-3-4-6-11(10)17-2/h3-6,8H,7H2,1-2H3,(H,14,16). The zero-order valence-corrected chi connectivity index (χ0v) is 11.1. The second-order valence-corrected chi connectivity index (χ2v) is 4.62. The minimum absolute atomic E-state index is 0.0964. The van der Waals surface area contributed by atoms with Gasteiger partial charge >= 0.3 is 0 Å². The Morgan fingerprint density at radius 3 is 2.89 bits per heavy atom. The molecule has 0 spiro atoms. The van der Waals surface area contributed by atoms with Gasteiger partial charge in [-0.25, -0.2) is 4.98 Å². The van der Waals surface area contributed by atoms with Gasteiger partial charge < -0.3 is 10.1 Å². The van der Waals surface area contributed by atoms with Gasteiger partial charge in [-0.15, -0.1) is 11.3 Å². The lowest BCUT2D eigenvalue weighted by Crippen LogP contribution is -2.22. The van der Waals surface area contributed by atoms with Crippen LogP contribution in [-0.2, 0) is 6.54 Å². The Balaban J connectivity index is 2.04. The van der Waals surface area contributed by atoms with Crippen LogP contribution in [0.25, 0.3) is 0 Å². The van der Waals surface area contributed by atoms with Gasteiger partial charge in [-0.2, -0.15) is 0 Å². The number of nitrogens with zero attached hydrogens (tertiary/aromatic N) is 1. The number of para-hydroxylation sites is 1. The fraction of sp³-hybridized carbons (Fsp3) is 0.231. The van der Waals surface area contributed by atoms with Crippen LogP contribution in [0.4, 0.5) is 0 Å². The number of aryl methyl sites for hydroxylation is 1. The van der Waals surface area contributed by atoms with E-state index in [1.807, 2.05) is 31.2 Å². The van der Waals surface area contributed by atoms with E-state index in [0.717, 1.165) is 17.0 Å². The molecule has 0 aliphatic carbocycles. The molecule has 0 bridgehead atoms. The summed E-state index contributed by atoms with van der Waals surface area (Å²) >= 11 is 1.35. The molecule has 2 rings (SSSR count). The molecule has 94 valence electrons. The lowest BCUT2D eigenvalue weighted by Gasteiger charge is -2.08. The van der Waals surface area contributed by atoms with Crippen LogP contribution in [0, 0.1) is 6.92 Å². The fourth-order valence-corrected chi connectivity index (χ4v) is 2.34. The molecule has 0 atom stereocenters. The molecule has 4 nitrogen and oxygen atoms in total. The quantitative estimate of drug-likeness (QED) is 0.920. The van der Waals surface area contributed by atoms with E-state index < -0.39 is 0 Å². The van der Waals surface area contributed by atoms with Crippen molar-refractivity contribution in [3.63, 3.8) is 0 Å². The number of aromatic nitrogens is 1. The predicted octanol–water partition coefficient (Wildman–Crippen LogP) is 2.39. The van der Waals surface area contributed by atoms with Gasteiger partial charge in [0.1, 0.15) is 10.6 Å². The van der Waals surface area contributed by atoms with Crippen LogP contribution in [0.2, 0.25) is 0 Å². The number of nitrogens with one attached hydrogen (secondary N) is 1. The van der Waals surface area contributed by atoms with E-state index in [4.69, 9.17) is 4.74 Å². The highest BCUT2D eigenvalue weighted by molar-refractivity contribution is 7.11. The zero-order chi connectivity index (χ0) is 13.0. The van der Waals surface area contributed by atoms with E-state index in [2.05, 4.69) is 10.3 Å². The van der Waals surface area contributed by atoms with Gasteiger partial charge in [0, 0.05) is 12.1 Å². The molecule has 1 amide bonds. The Bertz CT molecular complexity index is 551. The molecule has 0 fully saturated rings. The number of carbonyl (C=O) groups is 1. The number of ether oxygens (including phenoxy) is 1. The van der Waals surface area contributed by atoms with Crippen LogP contribution in [0.5, 0.6) is 5.75 Å². The Kier molecular flexibility index (Phi) is 3.94. The Labute approximate surface area is 110 Å². The summed E-state index contributed by atoms with van der Waals surface area (Å²) in [5.41, 5.74) is 3.39. The van der Waals surface area contributed by atoms with Crippen molar-refractivity contribution in [3.05, 3.63) is 45.9 Å². The molecule has 1 aromatic heterocycles. The van der Waals surface area contributed by atoms with Crippen molar-refractivity contribution in [2.24, 2.45) is 0 Å². The summed E-state index contributed by atoms with van der Waals surface area (Å²) in [7, 11) is 1.62. The summed E-state index contributed by atoms with van der Waals surface area (Å²) in [4.78, 5) is 16.6. The first-order valence-corrected chi connectivity index (χ1v) is 6.40. The highest BCUT2D eigenvalue weighted by Gasteiger charge is 2.11. The number of amides is 1. The molecule has 2 aromatic rings. The molecule has 1 aromatic carbocycles. The molecule has 18 heavy (non-hydrogen) atoms. The smallest absolute Gasteiger partial charge is 0.263 e. The Morgan fingerprint density at radius 2 is 2.22 bits per heavy atom. The largest absolute Gasteiger partial charge is 0.496 e. The van der Waals surface area contributed by atoms with Crippen LogP contribution >= 0.6 is 11.3 Å². The average molecular weight is 262 g/mol. The van der Waals surface area contributed by atoms with Gasteiger partial charge in [-0.3, -0.25) is 4.79 Å². The molecule has 0 unspecified atom stereocenters. The highest BCUT2D eigenvalue weighted by Crippen LogP contribution is 2.17. The number of rotatable bonds is 4. The SMILES string of the molecule is COc1ccccc1CNC(=O)c1scnc1C. The first-order valence-electron chi connectivity index (χ1n) is 5.52. The molecular formula is C13H14N2O2S. The van der Waals surface area contributed by atoms with Crippen LogP contribution in [0.15, 0.2) is 29.8 Å². The number of hydrogen-bond donors (Lipinski definition) is 1. The monoisotopic (exact) mass is 262 g/mol. The number of methoxy groups -OCH3 is 1. The van der Waals surface area contributed by atoms with E-state index in [1.54, 1.807) is 12.6 Å². The molecule has 5 heteroatoms. The lowest BCUT2D eigenvalue weighted by atomic mass is 10.2. The van der Waals surface area contributed by atoms with E-state index in [0.29, 0.717) is 11.4 Å². The summed E-state index contributed by atoms with van der Waals surface area (Å²) < 4.78 is 5.23.